The summed E-state index contributed by atoms with van der Waals surface area (Å²) in [7, 11) is 0. The Balaban J connectivity index is 4.21. The molecule has 17 heavy (non-hydrogen) atoms. The van der Waals surface area contributed by atoms with Crippen LogP contribution in [0.4, 0.5) is 4.79 Å². The number of nitrogens with zero attached hydrogens (tertiary/aromatic N) is 1. The van der Waals surface area contributed by atoms with Crippen molar-refractivity contribution >= 4 is 17.9 Å². The van der Waals surface area contributed by atoms with Crippen LogP contribution in [-0.2, 0) is 9.59 Å². The van der Waals surface area contributed by atoms with Crippen molar-refractivity contribution in [2.75, 3.05) is 19.6 Å². The number of carbonyl (C=O) groups is 3. The van der Waals surface area contributed by atoms with Crippen molar-refractivity contribution in [3.8, 4) is 0 Å². The molecule has 0 radical (unpaired) electrons. The van der Waals surface area contributed by atoms with Crippen LogP contribution in [0.1, 0.15) is 20.3 Å². The van der Waals surface area contributed by atoms with Gasteiger partial charge in [0.1, 0.15) is 6.54 Å². The molecule has 0 aliphatic rings. The number of hydrogen-bond donors (Lipinski definition) is 3. The highest BCUT2D eigenvalue weighted by atomic mass is 16.4. The fourth-order valence-corrected chi connectivity index (χ4v) is 1.23. The molecule has 0 fully saturated rings. The number of carboxylic acids is 1. The van der Waals surface area contributed by atoms with Crippen LogP contribution in [0.15, 0.2) is 0 Å². The summed E-state index contributed by atoms with van der Waals surface area (Å²) in [6.45, 7) is 3.86. The molecule has 98 valence electrons. The van der Waals surface area contributed by atoms with Gasteiger partial charge in [0.2, 0.25) is 5.91 Å². The zero-order valence-corrected chi connectivity index (χ0v) is 10.1. The number of hydrogen-bond acceptors (Lipinski definition) is 3. The second kappa shape index (κ2) is 7.48. The van der Waals surface area contributed by atoms with Gasteiger partial charge in [-0.2, -0.15) is 0 Å². The van der Waals surface area contributed by atoms with Gasteiger partial charge in [0, 0.05) is 19.5 Å². The number of urea groups is 1. The van der Waals surface area contributed by atoms with E-state index in [1.54, 1.807) is 0 Å². The van der Waals surface area contributed by atoms with Gasteiger partial charge in [-0.05, 0) is 5.92 Å². The number of nitrogens with one attached hydrogen (secondary N) is 1. The number of primary amides is 1. The van der Waals surface area contributed by atoms with E-state index in [0.717, 1.165) is 0 Å². The number of aliphatic carboxylic acids is 1. The molecule has 0 aliphatic heterocycles. The summed E-state index contributed by atoms with van der Waals surface area (Å²) < 4.78 is 0. The second-order valence-electron chi connectivity index (χ2n) is 4.12. The first-order valence-corrected chi connectivity index (χ1v) is 5.35. The average Bonchev–Trinajstić information content (AvgIpc) is 2.14. The maximum absolute atomic E-state index is 11.6. The lowest BCUT2D eigenvalue weighted by atomic mass is 10.2. The minimum absolute atomic E-state index is 0.0360. The zero-order chi connectivity index (χ0) is 13.4. The first kappa shape index (κ1) is 15.2. The summed E-state index contributed by atoms with van der Waals surface area (Å²) in [4.78, 5) is 33.8. The predicted molar refractivity (Wildman–Crippen MR) is 61.3 cm³/mol. The molecule has 0 atom stereocenters. The maximum Gasteiger partial charge on any atom is 0.323 e. The van der Waals surface area contributed by atoms with E-state index in [9.17, 15) is 14.4 Å². The Morgan fingerprint density at radius 1 is 1.35 bits per heavy atom. The monoisotopic (exact) mass is 245 g/mol. The largest absolute Gasteiger partial charge is 0.480 e. The van der Waals surface area contributed by atoms with Crippen molar-refractivity contribution < 1.29 is 19.5 Å². The third-order valence-corrected chi connectivity index (χ3v) is 1.85. The van der Waals surface area contributed by atoms with E-state index >= 15 is 0 Å². The van der Waals surface area contributed by atoms with Gasteiger partial charge in [0.25, 0.3) is 0 Å². The average molecular weight is 245 g/mol. The van der Waals surface area contributed by atoms with Crippen LogP contribution >= 0.6 is 0 Å². The highest BCUT2D eigenvalue weighted by Gasteiger charge is 2.17. The lowest BCUT2D eigenvalue weighted by Gasteiger charge is -2.22. The van der Waals surface area contributed by atoms with Crippen molar-refractivity contribution in [3.05, 3.63) is 0 Å². The Hall–Kier alpha value is -1.79. The smallest absolute Gasteiger partial charge is 0.323 e. The highest BCUT2D eigenvalue weighted by Crippen LogP contribution is 1.99. The topological polar surface area (TPSA) is 113 Å². The Bertz CT molecular complexity index is 291. The number of rotatable bonds is 7. The molecular weight excluding hydrogens is 226 g/mol. The molecular formula is C10H19N3O4. The van der Waals surface area contributed by atoms with Crippen LogP contribution in [0.2, 0.25) is 0 Å². The van der Waals surface area contributed by atoms with E-state index in [1.165, 1.54) is 4.90 Å². The lowest BCUT2D eigenvalue weighted by Crippen LogP contribution is -2.45. The Morgan fingerprint density at radius 2 is 1.94 bits per heavy atom. The summed E-state index contributed by atoms with van der Waals surface area (Å²) >= 11 is 0. The van der Waals surface area contributed by atoms with E-state index in [2.05, 4.69) is 5.32 Å². The van der Waals surface area contributed by atoms with Gasteiger partial charge in [-0.3, -0.25) is 9.59 Å². The molecule has 0 unspecified atom stereocenters. The van der Waals surface area contributed by atoms with Crippen LogP contribution in [0.5, 0.6) is 0 Å². The van der Waals surface area contributed by atoms with Gasteiger partial charge in [-0.25, -0.2) is 4.79 Å². The fourth-order valence-electron chi connectivity index (χ4n) is 1.23. The third-order valence-electron chi connectivity index (χ3n) is 1.85. The van der Waals surface area contributed by atoms with Gasteiger partial charge in [0.05, 0.1) is 0 Å². The standard InChI is InChI=1S/C10H19N3O4/c1-7(2)5-13(6-9(15)16)10(17)12-4-3-8(11)14/h7H,3-6H2,1-2H3,(H2,11,14)(H,12,17)(H,15,16). The second-order valence-corrected chi connectivity index (χ2v) is 4.12. The Labute approximate surface area is 100.0 Å². The van der Waals surface area contributed by atoms with E-state index in [0.29, 0.717) is 6.54 Å². The number of carboxylic acid groups (broad SMARTS) is 1. The summed E-state index contributed by atoms with van der Waals surface area (Å²) in [5.74, 6) is -1.43. The number of amides is 3. The molecule has 7 nitrogen and oxygen atoms in total. The van der Waals surface area contributed by atoms with Crippen molar-refractivity contribution in [3.63, 3.8) is 0 Å². The molecule has 0 aliphatic carbocycles. The van der Waals surface area contributed by atoms with Gasteiger partial charge in [-0.1, -0.05) is 13.8 Å². The summed E-state index contributed by atoms with van der Waals surface area (Å²) in [6.07, 6.45) is 0.0360. The summed E-state index contributed by atoms with van der Waals surface area (Å²) in [6, 6.07) is -0.498. The summed E-state index contributed by atoms with van der Waals surface area (Å²) in [5.41, 5.74) is 4.92. The number of carbonyl (C=O) groups excluding carboxylic acids is 2. The van der Waals surface area contributed by atoms with Crippen LogP contribution in [0.3, 0.4) is 0 Å². The van der Waals surface area contributed by atoms with Crippen LogP contribution in [-0.4, -0.2) is 47.5 Å². The van der Waals surface area contributed by atoms with Crippen molar-refractivity contribution in [2.24, 2.45) is 11.7 Å². The van der Waals surface area contributed by atoms with Gasteiger partial charge < -0.3 is 21.1 Å². The molecule has 7 heteroatoms. The fraction of sp³-hybridized carbons (Fsp3) is 0.700. The molecule has 0 aromatic carbocycles. The first-order chi connectivity index (χ1) is 7.82. The molecule has 0 aromatic heterocycles. The molecule has 0 rings (SSSR count). The van der Waals surface area contributed by atoms with E-state index in [-0.39, 0.29) is 25.4 Å². The van der Waals surface area contributed by atoms with Crippen LogP contribution in [0.25, 0.3) is 0 Å². The van der Waals surface area contributed by atoms with Gasteiger partial charge >= 0.3 is 12.0 Å². The third kappa shape index (κ3) is 8.06. The van der Waals surface area contributed by atoms with Gasteiger partial charge in [0.15, 0.2) is 0 Å². The molecule has 0 bridgehead atoms. The minimum Gasteiger partial charge on any atom is -0.480 e. The first-order valence-electron chi connectivity index (χ1n) is 5.35. The lowest BCUT2D eigenvalue weighted by molar-refractivity contribution is -0.137. The van der Waals surface area contributed by atoms with Crippen molar-refractivity contribution in [1.82, 2.24) is 10.2 Å². The van der Waals surface area contributed by atoms with Crippen LogP contribution < -0.4 is 11.1 Å². The Kier molecular flexibility index (Phi) is 6.69. The molecule has 0 saturated heterocycles. The predicted octanol–water partition coefficient (Wildman–Crippen LogP) is -0.386. The number of nitrogens with two attached hydrogens (primary N) is 1. The molecule has 0 spiro atoms. The van der Waals surface area contributed by atoms with Crippen molar-refractivity contribution in [1.29, 1.82) is 0 Å². The van der Waals surface area contributed by atoms with Crippen LogP contribution in [0, 0.1) is 5.92 Å². The highest BCUT2D eigenvalue weighted by molar-refractivity contribution is 5.80. The molecule has 0 aromatic rings. The van der Waals surface area contributed by atoms with E-state index < -0.39 is 17.9 Å². The molecule has 3 amide bonds. The van der Waals surface area contributed by atoms with Crippen molar-refractivity contribution in [2.45, 2.75) is 20.3 Å². The van der Waals surface area contributed by atoms with E-state index in [1.807, 2.05) is 13.8 Å². The Morgan fingerprint density at radius 3 is 2.35 bits per heavy atom. The quantitative estimate of drug-likeness (QED) is 0.567. The SMILES string of the molecule is CC(C)CN(CC(=O)O)C(=O)NCCC(N)=O. The molecule has 0 heterocycles. The van der Waals surface area contributed by atoms with Gasteiger partial charge in [-0.15, -0.1) is 0 Å². The summed E-state index contributed by atoms with van der Waals surface area (Å²) in [5, 5.41) is 11.1. The molecule has 0 saturated carbocycles. The normalized spacial score (nSPS) is 10.1. The van der Waals surface area contributed by atoms with E-state index in [4.69, 9.17) is 10.8 Å². The maximum atomic E-state index is 11.6. The zero-order valence-electron chi connectivity index (χ0n) is 10.1. The molecule has 4 N–H and O–H groups in total. The minimum atomic E-state index is -1.07.